The number of esters is 1. The zero-order valence-electron chi connectivity index (χ0n) is 19.6. The Morgan fingerprint density at radius 2 is 1.57 bits per heavy atom. The van der Waals surface area contributed by atoms with E-state index in [1.807, 2.05) is 78.9 Å². The van der Waals surface area contributed by atoms with E-state index in [9.17, 15) is 9.59 Å². The van der Waals surface area contributed by atoms with E-state index < -0.39 is 23.4 Å². The summed E-state index contributed by atoms with van der Waals surface area (Å²) in [6.07, 6.45) is 0. The van der Waals surface area contributed by atoms with Crippen molar-refractivity contribution in [2.75, 3.05) is 19.1 Å². The minimum atomic E-state index is -1.12. The van der Waals surface area contributed by atoms with Gasteiger partial charge in [-0.15, -0.1) is 0 Å². The summed E-state index contributed by atoms with van der Waals surface area (Å²) in [6.45, 7) is 0. The number of benzene rings is 4. The summed E-state index contributed by atoms with van der Waals surface area (Å²) in [5.41, 5.74) is 2.53. The second-order valence-electron chi connectivity index (χ2n) is 9.32. The molecule has 4 aromatic carbocycles. The topological polar surface area (TPSA) is 58.6 Å². The van der Waals surface area contributed by atoms with Gasteiger partial charge in [-0.05, 0) is 28.0 Å². The molecule has 0 bridgehead atoms. The van der Waals surface area contributed by atoms with Gasteiger partial charge in [-0.2, -0.15) is 0 Å². The zero-order chi connectivity index (χ0) is 24.2. The van der Waals surface area contributed by atoms with Crippen LogP contribution >= 0.6 is 0 Å². The zero-order valence-corrected chi connectivity index (χ0v) is 19.6. The predicted molar refractivity (Wildman–Crippen MR) is 136 cm³/mol. The SMILES string of the molecule is COC(=O)[C@@H]1[C@H](c2ccccc2)N[C@@]2(C(=O)N(C)c3ccccc32)[C@H]1c1cccc2ccccc12. The van der Waals surface area contributed by atoms with Gasteiger partial charge in [0, 0.05) is 30.3 Å². The molecule has 174 valence electrons. The monoisotopic (exact) mass is 462 g/mol. The molecule has 1 spiro atoms. The quantitative estimate of drug-likeness (QED) is 0.439. The summed E-state index contributed by atoms with van der Waals surface area (Å²) in [5.74, 6) is -1.49. The van der Waals surface area contributed by atoms with Gasteiger partial charge < -0.3 is 9.64 Å². The fourth-order valence-corrected chi connectivity index (χ4v) is 6.22. The smallest absolute Gasteiger partial charge is 0.311 e. The van der Waals surface area contributed by atoms with Crippen molar-refractivity contribution >= 4 is 28.3 Å². The number of amides is 1. The molecule has 6 rings (SSSR count). The van der Waals surface area contributed by atoms with Gasteiger partial charge in [0.1, 0.15) is 5.54 Å². The highest BCUT2D eigenvalue weighted by Crippen LogP contribution is 2.59. The number of fused-ring (bicyclic) bond motifs is 3. The van der Waals surface area contributed by atoms with Crippen LogP contribution in [-0.4, -0.2) is 26.0 Å². The van der Waals surface area contributed by atoms with Crippen molar-refractivity contribution in [3.8, 4) is 0 Å². The Labute approximate surface area is 204 Å². The summed E-state index contributed by atoms with van der Waals surface area (Å²) < 4.78 is 5.40. The largest absolute Gasteiger partial charge is 0.469 e. The van der Waals surface area contributed by atoms with E-state index in [4.69, 9.17) is 4.74 Å². The van der Waals surface area contributed by atoms with Gasteiger partial charge in [0.15, 0.2) is 0 Å². The summed E-state index contributed by atoms with van der Waals surface area (Å²) in [7, 11) is 3.23. The van der Waals surface area contributed by atoms with E-state index in [-0.39, 0.29) is 11.9 Å². The number of ether oxygens (including phenoxy) is 1. The number of para-hydroxylation sites is 1. The Kier molecular flexibility index (Phi) is 4.97. The van der Waals surface area contributed by atoms with E-state index in [1.165, 1.54) is 7.11 Å². The number of rotatable bonds is 3. The molecule has 1 N–H and O–H groups in total. The number of hydrogen-bond donors (Lipinski definition) is 1. The highest BCUT2D eigenvalue weighted by atomic mass is 16.5. The Morgan fingerprint density at radius 3 is 2.37 bits per heavy atom. The molecule has 5 nitrogen and oxygen atoms in total. The second-order valence-corrected chi connectivity index (χ2v) is 9.32. The molecule has 2 aliphatic rings. The number of likely N-dealkylation sites (N-methyl/N-ethyl adjacent to an activating group) is 1. The number of nitrogens with one attached hydrogen (secondary N) is 1. The molecule has 4 atom stereocenters. The predicted octanol–water partition coefficient (Wildman–Crippen LogP) is 4.93. The van der Waals surface area contributed by atoms with Gasteiger partial charge in [0.25, 0.3) is 5.91 Å². The molecule has 2 aliphatic heterocycles. The van der Waals surface area contributed by atoms with Crippen LogP contribution in [-0.2, 0) is 19.9 Å². The highest BCUT2D eigenvalue weighted by Gasteiger charge is 2.65. The molecule has 5 heteroatoms. The number of hydrogen-bond acceptors (Lipinski definition) is 4. The molecular formula is C30H26N2O3. The van der Waals surface area contributed by atoms with E-state index >= 15 is 0 Å². The molecule has 0 aromatic heterocycles. The molecular weight excluding hydrogens is 436 g/mol. The van der Waals surface area contributed by atoms with Crippen molar-refractivity contribution < 1.29 is 14.3 Å². The highest BCUT2D eigenvalue weighted by molar-refractivity contribution is 6.09. The van der Waals surface area contributed by atoms with Crippen LogP contribution < -0.4 is 10.2 Å². The number of nitrogens with zero attached hydrogens (tertiary/aromatic N) is 1. The van der Waals surface area contributed by atoms with Crippen molar-refractivity contribution in [2.24, 2.45) is 5.92 Å². The number of methoxy groups -OCH3 is 1. The average molecular weight is 463 g/mol. The number of carbonyl (C=O) groups excluding carboxylic acids is 2. The summed E-state index contributed by atoms with van der Waals surface area (Å²) in [5, 5.41) is 5.81. The molecule has 1 saturated heterocycles. The first kappa shape index (κ1) is 21.6. The Balaban J connectivity index is 1.69. The lowest BCUT2D eigenvalue weighted by molar-refractivity contribution is -0.146. The summed E-state index contributed by atoms with van der Waals surface area (Å²) in [4.78, 5) is 29.5. The van der Waals surface area contributed by atoms with Crippen LogP contribution in [0.4, 0.5) is 5.69 Å². The normalized spacial score (nSPS) is 25.3. The maximum absolute atomic E-state index is 14.3. The van der Waals surface area contributed by atoms with Crippen LogP contribution in [0.1, 0.15) is 28.7 Å². The van der Waals surface area contributed by atoms with Crippen molar-refractivity contribution in [1.82, 2.24) is 5.32 Å². The summed E-state index contributed by atoms with van der Waals surface area (Å²) in [6, 6.07) is 31.6. The van der Waals surface area contributed by atoms with Gasteiger partial charge in [0.2, 0.25) is 0 Å². The van der Waals surface area contributed by atoms with Crippen LogP contribution in [0, 0.1) is 5.92 Å². The van der Waals surface area contributed by atoms with E-state index in [0.717, 1.165) is 33.2 Å². The fraction of sp³-hybridized carbons (Fsp3) is 0.200. The van der Waals surface area contributed by atoms with Crippen LogP contribution in [0.15, 0.2) is 97.1 Å². The lowest BCUT2D eigenvalue weighted by Crippen LogP contribution is -2.50. The lowest BCUT2D eigenvalue weighted by Gasteiger charge is -2.33. The van der Waals surface area contributed by atoms with Gasteiger partial charge in [-0.25, -0.2) is 0 Å². The fourth-order valence-electron chi connectivity index (χ4n) is 6.22. The molecule has 1 fully saturated rings. The third-order valence-electron chi connectivity index (χ3n) is 7.69. The first-order valence-electron chi connectivity index (χ1n) is 11.8. The number of carbonyl (C=O) groups is 2. The second kappa shape index (κ2) is 8.07. The van der Waals surface area contributed by atoms with E-state index in [2.05, 4.69) is 23.5 Å². The Hall–Kier alpha value is -3.96. The van der Waals surface area contributed by atoms with E-state index in [0.29, 0.717) is 0 Å². The average Bonchev–Trinajstić information content (AvgIpc) is 3.38. The van der Waals surface area contributed by atoms with Crippen LogP contribution in [0.3, 0.4) is 0 Å². The van der Waals surface area contributed by atoms with Crippen molar-refractivity contribution in [3.05, 3.63) is 114 Å². The molecule has 0 unspecified atom stereocenters. The third kappa shape index (κ3) is 2.98. The van der Waals surface area contributed by atoms with Crippen molar-refractivity contribution in [3.63, 3.8) is 0 Å². The van der Waals surface area contributed by atoms with Gasteiger partial charge in [0.05, 0.1) is 13.0 Å². The van der Waals surface area contributed by atoms with Gasteiger partial charge in [-0.3, -0.25) is 14.9 Å². The first-order chi connectivity index (χ1) is 17.1. The van der Waals surface area contributed by atoms with Crippen LogP contribution in [0.2, 0.25) is 0 Å². The molecule has 0 aliphatic carbocycles. The van der Waals surface area contributed by atoms with Gasteiger partial charge >= 0.3 is 5.97 Å². The lowest BCUT2D eigenvalue weighted by atomic mass is 9.70. The van der Waals surface area contributed by atoms with Crippen LogP contribution in [0.25, 0.3) is 10.8 Å². The van der Waals surface area contributed by atoms with Crippen molar-refractivity contribution in [1.29, 1.82) is 0 Å². The maximum atomic E-state index is 14.3. The van der Waals surface area contributed by atoms with Gasteiger partial charge in [-0.1, -0.05) is 91.0 Å². The molecule has 1 amide bonds. The molecule has 2 heterocycles. The summed E-state index contributed by atoms with van der Waals surface area (Å²) >= 11 is 0. The first-order valence-corrected chi connectivity index (χ1v) is 11.8. The molecule has 4 aromatic rings. The standard InChI is InChI=1S/C30H26N2O3/c1-32-24-18-9-8-17-23(24)30(29(32)34)26(22-16-10-14-19-11-6-7-15-21(19)22)25(28(33)35-2)27(31-30)20-12-4-3-5-13-20/h3-18,25-27,31H,1-2H3/t25-,26-,27-,30+/m0/s1. The number of anilines is 1. The van der Waals surface area contributed by atoms with Crippen molar-refractivity contribution in [2.45, 2.75) is 17.5 Å². The minimum absolute atomic E-state index is 0.0658. The maximum Gasteiger partial charge on any atom is 0.311 e. The minimum Gasteiger partial charge on any atom is -0.469 e. The molecule has 35 heavy (non-hydrogen) atoms. The third-order valence-corrected chi connectivity index (χ3v) is 7.69. The molecule has 0 radical (unpaired) electrons. The Morgan fingerprint density at radius 1 is 0.886 bits per heavy atom. The Bertz CT molecular complexity index is 1450. The molecule has 0 saturated carbocycles. The van der Waals surface area contributed by atoms with E-state index in [1.54, 1.807) is 11.9 Å². The van der Waals surface area contributed by atoms with Crippen LogP contribution in [0.5, 0.6) is 0 Å².